The first-order valence-corrected chi connectivity index (χ1v) is 7.72. The van der Waals surface area contributed by atoms with Gasteiger partial charge in [-0.3, -0.25) is 4.79 Å². The number of esters is 1. The highest BCUT2D eigenvalue weighted by atomic mass is 16.6. The molecule has 2 nitrogen and oxygen atoms in total. The molecule has 3 atom stereocenters. The highest BCUT2D eigenvalue weighted by molar-refractivity contribution is 5.66. The Morgan fingerprint density at radius 2 is 1.74 bits per heavy atom. The molecule has 0 heterocycles. The van der Waals surface area contributed by atoms with Gasteiger partial charge in [-0.05, 0) is 57.8 Å². The van der Waals surface area contributed by atoms with Crippen molar-refractivity contribution in [2.45, 2.75) is 72.3 Å². The SMILES string of the molecule is CC(=O)OC(C)(C)[C@@H]1CC[C@@H](C)C2=C(C1)[C@H](C)CC2. The average Bonchev–Trinajstić information content (AvgIpc) is 2.53. The first-order chi connectivity index (χ1) is 8.81. The minimum atomic E-state index is -0.337. The highest BCUT2D eigenvalue weighted by Crippen LogP contribution is 2.46. The number of allylic oxidation sites excluding steroid dienone is 2. The van der Waals surface area contributed by atoms with Gasteiger partial charge in [0.2, 0.25) is 0 Å². The van der Waals surface area contributed by atoms with Crippen LogP contribution in [0.2, 0.25) is 0 Å². The van der Waals surface area contributed by atoms with Crippen molar-refractivity contribution in [3.05, 3.63) is 11.1 Å². The van der Waals surface area contributed by atoms with Gasteiger partial charge in [-0.15, -0.1) is 0 Å². The molecule has 0 amide bonds. The summed E-state index contributed by atoms with van der Waals surface area (Å²) in [5, 5.41) is 0. The van der Waals surface area contributed by atoms with Crippen molar-refractivity contribution in [2.24, 2.45) is 17.8 Å². The largest absolute Gasteiger partial charge is 0.460 e. The van der Waals surface area contributed by atoms with Crippen LogP contribution in [0.15, 0.2) is 11.1 Å². The summed E-state index contributed by atoms with van der Waals surface area (Å²) in [7, 11) is 0. The maximum atomic E-state index is 11.3. The number of hydrogen-bond donors (Lipinski definition) is 0. The normalized spacial score (nSPS) is 31.9. The summed E-state index contributed by atoms with van der Waals surface area (Å²) in [5.41, 5.74) is 3.06. The van der Waals surface area contributed by atoms with E-state index in [1.807, 2.05) is 0 Å². The zero-order valence-corrected chi connectivity index (χ0v) is 13.1. The summed E-state index contributed by atoms with van der Waals surface area (Å²) < 4.78 is 5.59. The van der Waals surface area contributed by atoms with Crippen molar-refractivity contribution >= 4 is 5.97 Å². The van der Waals surface area contributed by atoms with Crippen LogP contribution in [0.5, 0.6) is 0 Å². The standard InChI is InChI=1S/C17H28O2/c1-11-6-8-14(17(4,5)19-13(3)18)10-16-12(2)7-9-15(11)16/h11-12,14H,6-10H2,1-5H3/t11-,12-,14-/m1/s1. The van der Waals surface area contributed by atoms with Crippen molar-refractivity contribution in [2.75, 3.05) is 0 Å². The Bertz CT molecular complexity index is 392. The second-order valence-corrected chi connectivity index (χ2v) is 7.07. The molecule has 0 saturated heterocycles. The highest BCUT2D eigenvalue weighted by Gasteiger charge is 2.38. The van der Waals surface area contributed by atoms with E-state index in [-0.39, 0.29) is 11.6 Å². The molecule has 0 N–H and O–H groups in total. The van der Waals surface area contributed by atoms with Gasteiger partial charge in [0.25, 0.3) is 0 Å². The Morgan fingerprint density at radius 3 is 2.37 bits per heavy atom. The molecular weight excluding hydrogens is 236 g/mol. The molecule has 108 valence electrons. The van der Waals surface area contributed by atoms with Crippen molar-refractivity contribution in [3.8, 4) is 0 Å². The molecule has 0 saturated carbocycles. The van der Waals surface area contributed by atoms with Gasteiger partial charge in [-0.1, -0.05) is 25.0 Å². The summed E-state index contributed by atoms with van der Waals surface area (Å²) >= 11 is 0. The van der Waals surface area contributed by atoms with E-state index in [4.69, 9.17) is 4.74 Å². The van der Waals surface area contributed by atoms with Crippen molar-refractivity contribution in [1.29, 1.82) is 0 Å². The van der Waals surface area contributed by atoms with Crippen LogP contribution in [0.4, 0.5) is 0 Å². The lowest BCUT2D eigenvalue weighted by Gasteiger charge is -2.34. The topological polar surface area (TPSA) is 26.3 Å². The summed E-state index contributed by atoms with van der Waals surface area (Å²) in [6.45, 7) is 10.4. The monoisotopic (exact) mass is 264 g/mol. The molecule has 19 heavy (non-hydrogen) atoms. The van der Waals surface area contributed by atoms with Gasteiger partial charge in [0.15, 0.2) is 0 Å². The van der Waals surface area contributed by atoms with E-state index in [0.29, 0.717) is 5.92 Å². The molecule has 0 spiro atoms. The van der Waals surface area contributed by atoms with E-state index in [1.54, 1.807) is 11.1 Å². The third-order valence-electron chi connectivity index (χ3n) is 5.25. The van der Waals surface area contributed by atoms with Crippen LogP contribution in [0.3, 0.4) is 0 Å². The molecule has 2 aliphatic carbocycles. The van der Waals surface area contributed by atoms with Crippen LogP contribution < -0.4 is 0 Å². The van der Waals surface area contributed by atoms with E-state index in [9.17, 15) is 4.79 Å². The van der Waals surface area contributed by atoms with Crippen molar-refractivity contribution in [3.63, 3.8) is 0 Å². The van der Waals surface area contributed by atoms with Gasteiger partial charge in [0, 0.05) is 12.8 Å². The van der Waals surface area contributed by atoms with E-state index in [0.717, 1.165) is 18.3 Å². The van der Waals surface area contributed by atoms with Crippen LogP contribution in [0.1, 0.15) is 66.7 Å². The molecule has 0 aromatic rings. The lowest BCUT2D eigenvalue weighted by molar-refractivity contribution is -0.159. The number of carbonyl (C=O) groups excluding carboxylic acids is 1. The van der Waals surface area contributed by atoms with Crippen LogP contribution in [0, 0.1) is 17.8 Å². The Labute approximate surface area is 117 Å². The fraction of sp³-hybridized carbons (Fsp3) is 0.824. The summed E-state index contributed by atoms with van der Waals surface area (Å²) in [6, 6.07) is 0. The smallest absolute Gasteiger partial charge is 0.303 e. The molecule has 0 fully saturated rings. The molecule has 0 aromatic heterocycles. The zero-order chi connectivity index (χ0) is 14.2. The first kappa shape index (κ1) is 14.6. The van der Waals surface area contributed by atoms with Crippen molar-refractivity contribution < 1.29 is 9.53 Å². The van der Waals surface area contributed by atoms with Gasteiger partial charge >= 0.3 is 5.97 Å². The average molecular weight is 264 g/mol. The zero-order valence-electron chi connectivity index (χ0n) is 13.1. The maximum absolute atomic E-state index is 11.3. The first-order valence-electron chi connectivity index (χ1n) is 7.72. The fourth-order valence-corrected chi connectivity index (χ4v) is 3.96. The lowest BCUT2D eigenvalue weighted by atomic mass is 9.81. The molecule has 0 aliphatic heterocycles. The number of hydrogen-bond acceptors (Lipinski definition) is 2. The summed E-state index contributed by atoms with van der Waals surface area (Å²) in [5.74, 6) is 1.76. The van der Waals surface area contributed by atoms with Crippen LogP contribution in [-0.4, -0.2) is 11.6 Å². The van der Waals surface area contributed by atoms with Crippen LogP contribution in [-0.2, 0) is 9.53 Å². The molecule has 0 radical (unpaired) electrons. The van der Waals surface area contributed by atoms with Gasteiger partial charge in [-0.25, -0.2) is 0 Å². The van der Waals surface area contributed by atoms with E-state index >= 15 is 0 Å². The third kappa shape index (κ3) is 3.04. The van der Waals surface area contributed by atoms with Gasteiger partial charge in [-0.2, -0.15) is 0 Å². The predicted molar refractivity (Wildman–Crippen MR) is 77.8 cm³/mol. The maximum Gasteiger partial charge on any atom is 0.303 e. The Hall–Kier alpha value is -0.790. The number of carbonyl (C=O) groups is 1. The van der Waals surface area contributed by atoms with E-state index < -0.39 is 0 Å². The van der Waals surface area contributed by atoms with Crippen LogP contribution >= 0.6 is 0 Å². The van der Waals surface area contributed by atoms with Gasteiger partial charge in [0.1, 0.15) is 5.60 Å². The van der Waals surface area contributed by atoms with Gasteiger partial charge in [0.05, 0.1) is 0 Å². The number of ether oxygens (including phenoxy) is 1. The van der Waals surface area contributed by atoms with E-state index in [1.165, 1.54) is 32.6 Å². The molecule has 0 bridgehead atoms. The number of rotatable bonds is 2. The summed E-state index contributed by atoms with van der Waals surface area (Å²) in [4.78, 5) is 11.3. The second kappa shape index (κ2) is 5.30. The fourth-order valence-electron chi connectivity index (χ4n) is 3.96. The molecule has 0 unspecified atom stereocenters. The van der Waals surface area contributed by atoms with Crippen LogP contribution in [0.25, 0.3) is 0 Å². The quantitative estimate of drug-likeness (QED) is 0.542. The Kier molecular flexibility index (Phi) is 4.08. The lowest BCUT2D eigenvalue weighted by Crippen LogP contribution is -2.36. The minimum Gasteiger partial charge on any atom is -0.460 e. The molecular formula is C17H28O2. The minimum absolute atomic E-state index is 0.157. The molecule has 2 heteroatoms. The van der Waals surface area contributed by atoms with E-state index in [2.05, 4.69) is 27.7 Å². The third-order valence-corrected chi connectivity index (χ3v) is 5.25. The second-order valence-electron chi connectivity index (χ2n) is 7.07. The molecule has 0 aromatic carbocycles. The Balaban J connectivity index is 2.19. The summed E-state index contributed by atoms with van der Waals surface area (Å²) in [6.07, 6.45) is 6.14. The van der Waals surface area contributed by atoms with Gasteiger partial charge < -0.3 is 4.74 Å². The molecule has 2 rings (SSSR count). The Morgan fingerprint density at radius 1 is 1.11 bits per heavy atom. The predicted octanol–water partition coefficient (Wildman–Crippen LogP) is 4.49. The molecule has 2 aliphatic rings. The van der Waals surface area contributed by atoms with Crippen molar-refractivity contribution in [1.82, 2.24) is 0 Å².